The molecule has 1 aliphatic rings. The molecule has 3 nitrogen and oxygen atoms in total. The number of halogens is 1. The molecule has 1 aromatic rings. The highest BCUT2D eigenvalue weighted by Crippen LogP contribution is 2.39. The molecule has 80 valence electrons. The smallest absolute Gasteiger partial charge is 0.248 e. The van der Waals surface area contributed by atoms with Gasteiger partial charge in [0.2, 0.25) is 5.91 Å². The highest BCUT2D eigenvalue weighted by Gasteiger charge is 2.35. The van der Waals surface area contributed by atoms with Gasteiger partial charge in [-0.3, -0.25) is 4.79 Å². The Balaban J connectivity index is 2.65. The maximum atomic E-state index is 11.9. The first-order valence-corrected chi connectivity index (χ1v) is 5.19. The normalized spacial score (nSPS) is 19.6. The molecule has 2 rings (SSSR count). The summed E-state index contributed by atoms with van der Waals surface area (Å²) in [5.74, 6) is 0.0675. The van der Waals surface area contributed by atoms with Gasteiger partial charge in [-0.05, 0) is 25.6 Å². The molecule has 0 fully saturated rings. The quantitative estimate of drug-likeness (QED) is 0.790. The van der Waals surface area contributed by atoms with E-state index >= 15 is 0 Å². The van der Waals surface area contributed by atoms with E-state index in [1.54, 1.807) is 19.0 Å². The molecule has 1 aromatic carbocycles. The molecule has 4 heteroatoms. The summed E-state index contributed by atoms with van der Waals surface area (Å²) < 4.78 is 0. The molecular formula is C11H13ClN2O. The van der Waals surface area contributed by atoms with Crippen LogP contribution in [0.1, 0.15) is 17.2 Å². The van der Waals surface area contributed by atoms with Gasteiger partial charge in [-0.1, -0.05) is 17.7 Å². The maximum Gasteiger partial charge on any atom is 0.248 e. The third kappa shape index (κ3) is 1.34. The Labute approximate surface area is 94.0 Å². The van der Waals surface area contributed by atoms with Gasteiger partial charge in [0, 0.05) is 17.6 Å². The molecule has 1 heterocycles. The van der Waals surface area contributed by atoms with Gasteiger partial charge in [-0.25, -0.2) is 0 Å². The molecule has 15 heavy (non-hydrogen) atoms. The molecule has 0 aromatic heterocycles. The van der Waals surface area contributed by atoms with E-state index in [1.165, 1.54) is 0 Å². The first kappa shape index (κ1) is 10.5. The second kappa shape index (κ2) is 3.51. The van der Waals surface area contributed by atoms with E-state index in [4.69, 9.17) is 11.6 Å². The lowest BCUT2D eigenvalue weighted by molar-refractivity contribution is -0.119. The lowest BCUT2D eigenvalue weighted by atomic mass is 10.1. The zero-order valence-corrected chi connectivity index (χ0v) is 9.72. The average molecular weight is 225 g/mol. The molecule has 0 aliphatic carbocycles. The van der Waals surface area contributed by atoms with Crippen LogP contribution in [0, 0.1) is 6.92 Å². The number of anilines is 1. The molecule has 1 N–H and O–H groups in total. The topological polar surface area (TPSA) is 32.3 Å². The van der Waals surface area contributed by atoms with E-state index in [0.29, 0.717) is 5.02 Å². The second-order valence-corrected chi connectivity index (χ2v) is 4.14. The summed E-state index contributed by atoms with van der Waals surface area (Å²) >= 11 is 6.04. The van der Waals surface area contributed by atoms with Crippen molar-refractivity contribution in [2.75, 3.05) is 19.0 Å². The van der Waals surface area contributed by atoms with Crippen LogP contribution in [0.25, 0.3) is 0 Å². The molecular weight excluding hydrogens is 212 g/mol. The predicted octanol–water partition coefficient (Wildman–Crippen LogP) is 1.89. The maximum absolute atomic E-state index is 11.9. The Hall–Kier alpha value is -1.06. The highest BCUT2D eigenvalue weighted by molar-refractivity contribution is 6.32. The van der Waals surface area contributed by atoms with Crippen molar-refractivity contribution in [2.45, 2.75) is 13.0 Å². The van der Waals surface area contributed by atoms with Gasteiger partial charge in [-0.2, -0.15) is 0 Å². The van der Waals surface area contributed by atoms with Crippen molar-refractivity contribution in [3.8, 4) is 0 Å². The van der Waals surface area contributed by atoms with Gasteiger partial charge < -0.3 is 10.2 Å². The fraction of sp³-hybridized carbons (Fsp3) is 0.364. The number of hydrogen-bond acceptors (Lipinski definition) is 2. The third-order valence-corrected chi connectivity index (χ3v) is 3.32. The average Bonchev–Trinajstić information content (AvgIpc) is 2.46. The largest absolute Gasteiger partial charge is 0.313 e. The second-order valence-electron chi connectivity index (χ2n) is 3.73. The first-order chi connectivity index (χ1) is 7.07. The van der Waals surface area contributed by atoms with E-state index in [2.05, 4.69) is 5.32 Å². The van der Waals surface area contributed by atoms with E-state index in [1.807, 2.05) is 19.1 Å². The van der Waals surface area contributed by atoms with Crippen molar-refractivity contribution in [3.05, 3.63) is 28.3 Å². The van der Waals surface area contributed by atoms with Crippen molar-refractivity contribution in [3.63, 3.8) is 0 Å². The monoisotopic (exact) mass is 224 g/mol. The van der Waals surface area contributed by atoms with Gasteiger partial charge in [0.15, 0.2) is 0 Å². The molecule has 1 atom stereocenters. The zero-order chi connectivity index (χ0) is 11.2. The van der Waals surface area contributed by atoms with E-state index in [0.717, 1.165) is 16.8 Å². The first-order valence-electron chi connectivity index (χ1n) is 4.81. The van der Waals surface area contributed by atoms with Crippen LogP contribution in [0.15, 0.2) is 12.1 Å². The van der Waals surface area contributed by atoms with Gasteiger partial charge in [0.1, 0.15) is 6.04 Å². The summed E-state index contributed by atoms with van der Waals surface area (Å²) in [6.45, 7) is 1.93. The SMILES string of the molecule is CNC1C(=O)N(C)c2c1ccc(Cl)c2C. The highest BCUT2D eigenvalue weighted by atomic mass is 35.5. The number of carbonyl (C=O) groups excluding carboxylic acids is 1. The molecule has 1 unspecified atom stereocenters. The molecule has 0 saturated heterocycles. The van der Waals surface area contributed by atoms with Crippen LogP contribution < -0.4 is 10.2 Å². The van der Waals surface area contributed by atoms with Gasteiger partial charge >= 0.3 is 0 Å². The van der Waals surface area contributed by atoms with Crippen LogP contribution in [0.2, 0.25) is 5.02 Å². The number of fused-ring (bicyclic) bond motifs is 1. The summed E-state index contributed by atoms with van der Waals surface area (Å²) in [6, 6.07) is 3.51. The van der Waals surface area contributed by atoms with Crippen LogP contribution in [-0.4, -0.2) is 20.0 Å². The molecule has 1 aliphatic heterocycles. The minimum absolute atomic E-state index is 0.0675. The molecule has 0 saturated carbocycles. The summed E-state index contributed by atoms with van der Waals surface area (Å²) in [7, 11) is 3.57. The molecule has 0 radical (unpaired) electrons. The number of nitrogens with zero attached hydrogens (tertiary/aromatic N) is 1. The van der Waals surface area contributed by atoms with E-state index in [9.17, 15) is 4.79 Å². The van der Waals surface area contributed by atoms with Crippen LogP contribution in [0.3, 0.4) is 0 Å². The van der Waals surface area contributed by atoms with Crippen molar-refractivity contribution in [1.29, 1.82) is 0 Å². The lowest BCUT2D eigenvalue weighted by Gasteiger charge is -2.13. The van der Waals surface area contributed by atoms with E-state index in [-0.39, 0.29) is 11.9 Å². The minimum atomic E-state index is -0.235. The number of benzene rings is 1. The summed E-state index contributed by atoms with van der Waals surface area (Å²) in [6.07, 6.45) is 0. The summed E-state index contributed by atoms with van der Waals surface area (Å²) in [5, 5.41) is 3.71. The number of carbonyl (C=O) groups is 1. The number of amides is 1. The van der Waals surface area contributed by atoms with E-state index < -0.39 is 0 Å². The molecule has 1 amide bonds. The van der Waals surface area contributed by atoms with Gasteiger partial charge in [0.05, 0.1) is 5.69 Å². The third-order valence-electron chi connectivity index (χ3n) is 2.91. The molecule has 0 spiro atoms. The number of likely N-dealkylation sites (N-methyl/N-ethyl adjacent to an activating group) is 2. The van der Waals surface area contributed by atoms with Crippen LogP contribution >= 0.6 is 11.6 Å². The minimum Gasteiger partial charge on any atom is -0.313 e. The van der Waals surface area contributed by atoms with Crippen LogP contribution in [-0.2, 0) is 4.79 Å². The van der Waals surface area contributed by atoms with Crippen molar-refractivity contribution < 1.29 is 4.79 Å². The number of hydrogen-bond donors (Lipinski definition) is 1. The van der Waals surface area contributed by atoms with Gasteiger partial charge in [-0.15, -0.1) is 0 Å². The fourth-order valence-corrected chi connectivity index (χ4v) is 2.24. The van der Waals surface area contributed by atoms with Gasteiger partial charge in [0.25, 0.3) is 0 Å². The number of rotatable bonds is 1. The van der Waals surface area contributed by atoms with Crippen molar-refractivity contribution >= 4 is 23.2 Å². The molecule has 0 bridgehead atoms. The van der Waals surface area contributed by atoms with Crippen LogP contribution in [0.5, 0.6) is 0 Å². The lowest BCUT2D eigenvalue weighted by Crippen LogP contribution is -2.30. The fourth-order valence-electron chi connectivity index (χ4n) is 2.09. The summed E-state index contributed by atoms with van der Waals surface area (Å²) in [5.41, 5.74) is 2.90. The Morgan fingerprint density at radius 3 is 2.73 bits per heavy atom. The van der Waals surface area contributed by atoms with Crippen LogP contribution in [0.4, 0.5) is 5.69 Å². The predicted molar refractivity (Wildman–Crippen MR) is 61.4 cm³/mol. The Morgan fingerprint density at radius 2 is 2.13 bits per heavy atom. The Bertz CT molecular complexity index is 431. The van der Waals surface area contributed by atoms with Crippen molar-refractivity contribution in [1.82, 2.24) is 5.32 Å². The Morgan fingerprint density at radius 1 is 1.47 bits per heavy atom. The summed E-state index contributed by atoms with van der Waals surface area (Å²) in [4.78, 5) is 13.5. The van der Waals surface area contributed by atoms with Crippen molar-refractivity contribution in [2.24, 2.45) is 0 Å². The zero-order valence-electron chi connectivity index (χ0n) is 8.97. The standard InChI is InChI=1S/C11H13ClN2O/c1-6-8(12)5-4-7-9(13-2)11(15)14(3)10(6)7/h4-5,9,13H,1-3H3. The number of nitrogens with one attached hydrogen (secondary N) is 1. The Kier molecular flexibility index (Phi) is 2.44.